The first-order valence-corrected chi connectivity index (χ1v) is 8.10. The largest absolute Gasteiger partial charge is 0.497 e. The molecule has 1 aromatic heterocycles. The predicted molar refractivity (Wildman–Crippen MR) is 90.0 cm³/mol. The van der Waals surface area contributed by atoms with Crippen LogP contribution in [-0.4, -0.2) is 41.3 Å². The number of nitrogens with zero attached hydrogens (tertiary/aromatic N) is 2. The summed E-state index contributed by atoms with van der Waals surface area (Å²) in [4.78, 5) is 14.5. The number of rotatable bonds is 4. The summed E-state index contributed by atoms with van der Waals surface area (Å²) in [5.41, 5.74) is 3.40. The molecule has 6 heteroatoms. The quantitative estimate of drug-likeness (QED) is 0.936. The van der Waals surface area contributed by atoms with E-state index in [1.807, 2.05) is 38.1 Å². The van der Waals surface area contributed by atoms with Crippen molar-refractivity contribution >= 4 is 5.91 Å². The summed E-state index contributed by atoms with van der Waals surface area (Å²) in [6, 6.07) is 7.72. The Morgan fingerprint density at radius 1 is 1.46 bits per heavy atom. The van der Waals surface area contributed by atoms with Crippen molar-refractivity contribution in [2.45, 2.75) is 39.0 Å². The number of amides is 1. The van der Waals surface area contributed by atoms with E-state index in [-0.39, 0.29) is 18.1 Å². The molecule has 1 amide bonds. The van der Waals surface area contributed by atoms with Crippen LogP contribution >= 0.6 is 0 Å². The Morgan fingerprint density at radius 2 is 2.25 bits per heavy atom. The second kappa shape index (κ2) is 6.65. The lowest BCUT2D eigenvalue weighted by Gasteiger charge is -2.25. The highest BCUT2D eigenvalue weighted by Crippen LogP contribution is 2.30. The van der Waals surface area contributed by atoms with Crippen LogP contribution < -0.4 is 4.74 Å². The van der Waals surface area contributed by atoms with Gasteiger partial charge in [0.2, 0.25) is 0 Å². The van der Waals surface area contributed by atoms with Gasteiger partial charge in [-0.05, 0) is 31.5 Å². The fourth-order valence-electron chi connectivity index (χ4n) is 3.15. The molecule has 0 spiro atoms. The molecule has 0 saturated carbocycles. The molecule has 2 aromatic rings. The summed E-state index contributed by atoms with van der Waals surface area (Å²) in [5.74, 6) is 0.696. The van der Waals surface area contributed by atoms with Gasteiger partial charge in [0.25, 0.3) is 5.91 Å². The fourth-order valence-corrected chi connectivity index (χ4v) is 3.15. The smallest absolute Gasteiger partial charge is 0.274 e. The Labute approximate surface area is 141 Å². The molecule has 0 unspecified atom stereocenters. The molecule has 1 aliphatic rings. The van der Waals surface area contributed by atoms with E-state index in [0.717, 1.165) is 22.6 Å². The second-order valence-corrected chi connectivity index (χ2v) is 6.27. The Balaban J connectivity index is 1.79. The molecule has 24 heavy (non-hydrogen) atoms. The average Bonchev–Trinajstić information content (AvgIpc) is 2.98. The number of H-pyrrole nitrogens is 1. The van der Waals surface area contributed by atoms with Gasteiger partial charge in [0.1, 0.15) is 5.75 Å². The maximum absolute atomic E-state index is 12.8. The lowest BCUT2D eigenvalue weighted by atomic mass is 9.99. The summed E-state index contributed by atoms with van der Waals surface area (Å²) < 4.78 is 11.0. The number of hydrogen-bond donors (Lipinski definition) is 1. The maximum Gasteiger partial charge on any atom is 0.274 e. The zero-order valence-electron chi connectivity index (χ0n) is 14.5. The zero-order valence-corrected chi connectivity index (χ0v) is 14.5. The Kier molecular flexibility index (Phi) is 4.57. The maximum atomic E-state index is 12.8. The third-order valence-corrected chi connectivity index (χ3v) is 4.34. The van der Waals surface area contributed by atoms with Crippen LogP contribution in [0.5, 0.6) is 5.75 Å². The third-order valence-electron chi connectivity index (χ3n) is 4.34. The van der Waals surface area contributed by atoms with E-state index in [4.69, 9.17) is 9.47 Å². The summed E-state index contributed by atoms with van der Waals surface area (Å²) in [7, 11) is 3.42. The number of benzene rings is 1. The number of fused-ring (bicyclic) bond motifs is 1. The van der Waals surface area contributed by atoms with Crippen LogP contribution in [-0.2, 0) is 17.7 Å². The van der Waals surface area contributed by atoms with E-state index in [1.54, 1.807) is 19.1 Å². The summed E-state index contributed by atoms with van der Waals surface area (Å²) in [5, 5.41) is 7.23. The van der Waals surface area contributed by atoms with Crippen LogP contribution in [0.3, 0.4) is 0 Å². The lowest BCUT2D eigenvalue weighted by Crippen LogP contribution is -2.29. The number of aromatic nitrogens is 2. The van der Waals surface area contributed by atoms with Crippen LogP contribution in [0.4, 0.5) is 0 Å². The number of nitrogens with one attached hydrogen (secondary N) is 1. The molecule has 1 aliphatic heterocycles. The Hall–Kier alpha value is -2.34. The lowest BCUT2D eigenvalue weighted by molar-refractivity contribution is -0.00701. The van der Waals surface area contributed by atoms with Crippen LogP contribution in [0.2, 0.25) is 0 Å². The monoisotopic (exact) mass is 329 g/mol. The highest BCUT2D eigenvalue weighted by molar-refractivity contribution is 5.94. The van der Waals surface area contributed by atoms with E-state index < -0.39 is 0 Å². The molecule has 0 bridgehead atoms. The number of methoxy groups -OCH3 is 1. The van der Waals surface area contributed by atoms with Crippen molar-refractivity contribution < 1.29 is 14.3 Å². The minimum atomic E-state index is -0.0865. The predicted octanol–water partition coefficient (Wildman–Crippen LogP) is 2.71. The zero-order chi connectivity index (χ0) is 17.3. The molecular formula is C18H23N3O3. The average molecular weight is 329 g/mol. The van der Waals surface area contributed by atoms with Gasteiger partial charge in [-0.2, -0.15) is 5.10 Å². The molecule has 2 atom stereocenters. The highest BCUT2D eigenvalue weighted by atomic mass is 16.5. The van der Waals surface area contributed by atoms with Crippen LogP contribution in [0, 0.1) is 0 Å². The molecule has 0 saturated heterocycles. The van der Waals surface area contributed by atoms with Gasteiger partial charge in [-0.1, -0.05) is 12.1 Å². The van der Waals surface area contributed by atoms with E-state index in [1.165, 1.54) is 0 Å². The van der Waals surface area contributed by atoms with Gasteiger partial charge in [-0.25, -0.2) is 0 Å². The first kappa shape index (κ1) is 16.5. The number of carbonyl (C=O) groups excluding carboxylic acids is 1. The van der Waals surface area contributed by atoms with Gasteiger partial charge in [-0.3, -0.25) is 9.89 Å². The van der Waals surface area contributed by atoms with Gasteiger partial charge in [-0.15, -0.1) is 0 Å². The molecule has 3 rings (SSSR count). The first-order chi connectivity index (χ1) is 11.5. The van der Waals surface area contributed by atoms with Crippen molar-refractivity contribution in [3.05, 3.63) is 46.8 Å². The number of carbonyl (C=O) groups is 1. The Morgan fingerprint density at radius 3 is 3.00 bits per heavy atom. The SMILES string of the molecule is COc1cccc(CN(C)C(=O)c2n[nH]c3c2C[C@H](C)O[C@@H]3C)c1. The molecule has 0 fully saturated rings. The number of hydrogen-bond acceptors (Lipinski definition) is 4. The first-order valence-electron chi connectivity index (χ1n) is 8.10. The van der Waals surface area contributed by atoms with E-state index in [9.17, 15) is 4.79 Å². The van der Waals surface area contributed by atoms with Gasteiger partial charge in [0.05, 0.1) is 25.0 Å². The minimum absolute atomic E-state index is 0.0681. The topological polar surface area (TPSA) is 67.5 Å². The summed E-state index contributed by atoms with van der Waals surface area (Å²) in [6.45, 7) is 4.49. The molecule has 128 valence electrons. The Bertz CT molecular complexity index is 741. The van der Waals surface area contributed by atoms with Gasteiger partial charge < -0.3 is 14.4 Å². The number of aromatic amines is 1. The van der Waals surface area contributed by atoms with E-state index in [0.29, 0.717) is 18.7 Å². The van der Waals surface area contributed by atoms with Crippen molar-refractivity contribution in [2.24, 2.45) is 0 Å². The van der Waals surface area contributed by atoms with Crippen molar-refractivity contribution in [3.63, 3.8) is 0 Å². The summed E-state index contributed by atoms with van der Waals surface area (Å²) >= 11 is 0. The van der Waals surface area contributed by atoms with E-state index in [2.05, 4.69) is 10.2 Å². The van der Waals surface area contributed by atoms with Crippen LogP contribution in [0.25, 0.3) is 0 Å². The van der Waals surface area contributed by atoms with Crippen molar-refractivity contribution in [1.29, 1.82) is 0 Å². The van der Waals surface area contributed by atoms with Crippen molar-refractivity contribution in [2.75, 3.05) is 14.2 Å². The molecule has 0 aliphatic carbocycles. The fraction of sp³-hybridized carbons (Fsp3) is 0.444. The molecular weight excluding hydrogens is 306 g/mol. The molecule has 1 aromatic carbocycles. The van der Waals surface area contributed by atoms with Crippen molar-refractivity contribution in [3.8, 4) is 5.75 Å². The van der Waals surface area contributed by atoms with Gasteiger partial charge >= 0.3 is 0 Å². The van der Waals surface area contributed by atoms with Crippen molar-refractivity contribution in [1.82, 2.24) is 15.1 Å². The van der Waals surface area contributed by atoms with E-state index >= 15 is 0 Å². The second-order valence-electron chi connectivity index (χ2n) is 6.27. The van der Waals surface area contributed by atoms with Gasteiger partial charge in [0, 0.05) is 25.6 Å². The number of ether oxygens (including phenoxy) is 2. The normalized spacial score (nSPS) is 19.7. The van der Waals surface area contributed by atoms with Crippen LogP contribution in [0.15, 0.2) is 24.3 Å². The molecule has 0 radical (unpaired) electrons. The molecule has 6 nitrogen and oxygen atoms in total. The molecule has 1 N–H and O–H groups in total. The molecule has 2 heterocycles. The highest BCUT2D eigenvalue weighted by Gasteiger charge is 2.30. The van der Waals surface area contributed by atoms with Crippen LogP contribution in [0.1, 0.15) is 47.3 Å². The van der Waals surface area contributed by atoms with Gasteiger partial charge in [0.15, 0.2) is 5.69 Å². The standard InChI is InChI=1S/C18H23N3O3/c1-11-8-15-16(12(2)24-11)19-20-17(15)18(22)21(3)10-13-6-5-7-14(9-13)23-4/h5-7,9,11-12H,8,10H2,1-4H3,(H,19,20)/t11-,12+/m0/s1. The minimum Gasteiger partial charge on any atom is -0.497 e. The third kappa shape index (κ3) is 3.14. The summed E-state index contributed by atoms with van der Waals surface area (Å²) in [6.07, 6.45) is 0.714.